The number of fused-ring (bicyclic) bond motifs is 1. The van der Waals surface area contributed by atoms with Gasteiger partial charge < -0.3 is 0 Å². The molecule has 0 aliphatic heterocycles. The van der Waals surface area contributed by atoms with E-state index in [2.05, 4.69) is 32.0 Å². The van der Waals surface area contributed by atoms with Gasteiger partial charge in [-0.05, 0) is 43.2 Å². The predicted molar refractivity (Wildman–Crippen MR) is 75.5 cm³/mol. The second-order valence-electron chi connectivity index (χ2n) is 5.73. The van der Waals surface area contributed by atoms with Crippen LogP contribution in [0.3, 0.4) is 0 Å². The van der Waals surface area contributed by atoms with E-state index in [-0.39, 0.29) is 0 Å². The molecule has 0 bridgehead atoms. The van der Waals surface area contributed by atoms with Crippen LogP contribution in [0.5, 0.6) is 0 Å². The van der Waals surface area contributed by atoms with E-state index in [1.807, 2.05) is 0 Å². The first-order valence-corrected chi connectivity index (χ1v) is 7.38. The largest absolute Gasteiger partial charge is 0.0654 e. The lowest BCUT2D eigenvalue weighted by molar-refractivity contribution is 0.406. The number of hydrogen-bond acceptors (Lipinski definition) is 0. The van der Waals surface area contributed by atoms with Crippen LogP contribution in [0.2, 0.25) is 0 Å². The molecule has 1 aromatic carbocycles. The SMILES string of the molecule is CCCCCC[C@@H]1CCc2cc(C)ccc2C1. The minimum absolute atomic E-state index is 0.960. The Kier molecular flexibility index (Phi) is 4.65. The summed E-state index contributed by atoms with van der Waals surface area (Å²) in [6, 6.07) is 7.03. The van der Waals surface area contributed by atoms with Gasteiger partial charge in [0.05, 0.1) is 0 Å². The lowest BCUT2D eigenvalue weighted by Crippen LogP contribution is -2.14. The molecule has 2 rings (SSSR count). The first-order valence-electron chi connectivity index (χ1n) is 7.38. The van der Waals surface area contributed by atoms with Crippen molar-refractivity contribution in [1.82, 2.24) is 0 Å². The van der Waals surface area contributed by atoms with Crippen LogP contribution in [-0.4, -0.2) is 0 Å². The Morgan fingerprint density at radius 3 is 2.82 bits per heavy atom. The summed E-state index contributed by atoms with van der Waals surface area (Å²) in [5.41, 5.74) is 4.67. The second-order valence-corrected chi connectivity index (χ2v) is 5.73. The molecular formula is C17H26. The van der Waals surface area contributed by atoms with Crippen molar-refractivity contribution in [3.63, 3.8) is 0 Å². The van der Waals surface area contributed by atoms with Crippen LogP contribution in [-0.2, 0) is 12.8 Å². The zero-order valence-electron chi connectivity index (χ0n) is 11.5. The van der Waals surface area contributed by atoms with E-state index in [0.717, 1.165) is 5.92 Å². The fraction of sp³-hybridized carbons (Fsp3) is 0.647. The Hall–Kier alpha value is -0.780. The molecule has 0 heteroatoms. The molecule has 1 aromatic rings. The number of aryl methyl sites for hydroxylation is 2. The van der Waals surface area contributed by atoms with Crippen LogP contribution < -0.4 is 0 Å². The quantitative estimate of drug-likeness (QED) is 0.619. The van der Waals surface area contributed by atoms with E-state index >= 15 is 0 Å². The monoisotopic (exact) mass is 230 g/mol. The third kappa shape index (κ3) is 3.59. The van der Waals surface area contributed by atoms with Crippen LogP contribution in [0.25, 0.3) is 0 Å². The minimum atomic E-state index is 0.960. The van der Waals surface area contributed by atoms with Crippen molar-refractivity contribution in [1.29, 1.82) is 0 Å². The van der Waals surface area contributed by atoms with E-state index in [1.165, 1.54) is 56.9 Å². The summed E-state index contributed by atoms with van der Waals surface area (Å²) in [5.74, 6) is 0.960. The zero-order chi connectivity index (χ0) is 12.1. The fourth-order valence-corrected chi connectivity index (χ4v) is 3.07. The Morgan fingerprint density at radius 2 is 2.00 bits per heavy atom. The molecule has 1 aliphatic rings. The van der Waals surface area contributed by atoms with Gasteiger partial charge in [-0.25, -0.2) is 0 Å². The summed E-state index contributed by atoms with van der Waals surface area (Å²) in [5, 5.41) is 0. The maximum Gasteiger partial charge on any atom is -0.0248 e. The van der Waals surface area contributed by atoms with Crippen molar-refractivity contribution in [3.05, 3.63) is 34.9 Å². The third-order valence-electron chi connectivity index (χ3n) is 4.16. The summed E-state index contributed by atoms with van der Waals surface area (Å²) in [6.07, 6.45) is 11.2. The molecule has 0 unspecified atom stereocenters. The summed E-state index contributed by atoms with van der Waals surface area (Å²) in [6.45, 7) is 4.50. The highest BCUT2D eigenvalue weighted by Gasteiger charge is 2.17. The molecule has 0 N–H and O–H groups in total. The fourth-order valence-electron chi connectivity index (χ4n) is 3.07. The highest BCUT2D eigenvalue weighted by Crippen LogP contribution is 2.29. The first-order chi connectivity index (χ1) is 8.29. The maximum atomic E-state index is 2.39. The molecule has 94 valence electrons. The second kappa shape index (κ2) is 6.23. The highest BCUT2D eigenvalue weighted by molar-refractivity contribution is 5.33. The van der Waals surface area contributed by atoms with Gasteiger partial charge in [0.15, 0.2) is 0 Å². The van der Waals surface area contributed by atoms with Crippen LogP contribution >= 0.6 is 0 Å². The number of rotatable bonds is 5. The van der Waals surface area contributed by atoms with Gasteiger partial charge in [0.25, 0.3) is 0 Å². The van der Waals surface area contributed by atoms with Crippen LogP contribution in [0, 0.1) is 12.8 Å². The lowest BCUT2D eigenvalue weighted by atomic mass is 9.81. The van der Waals surface area contributed by atoms with E-state index in [4.69, 9.17) is 0 Å². The van der Waals surface area contributed by atoms with Crippen LogP contribution in [0.4, 0.5) is 0 Å². The molecule has 1 aliphatic carbocycles. The smallest absolute Gasteiger partial charge is 0.0248 e. The summed E-state index contributed by atoms with van der Waals surface area (Å²) < 4.78 is 0. The minimum Gasteiger partial charge on any atom is -0.0654 e. The average molecular weight is 230 g/mol. The summed E-state index contributed by atoms with van der Waals surface area (Å²) >= 11 is 0. The van der Waals surface area contributed by atoms with E-state index < -0.39 is 0 Å². The molecule has 0 fully saturated rings. The molecule has 0 spiro atoms. The molecule has 0 aromatic heterocycles. The van der Waals surface area contributed by atoms with Gasteiger partial charge in [0.1, 0.15) is 0 Å². The van der Waals surface area contributed by atoms with Gasteiger partial charge in [0, 0.05) is 0 Å². The molecule has 17 heavy (non-hydrogen) atoms. The van der Waals surface area contributed by atoms with Crippen molar-refractivity contribution in [2.24, 2.45) is 5.92 Å². The zero-order valence-corrected chi connectivity index (χ0v) is 11.5. The Labute approximate surface area is 106 Å². The van der Waals surface area contributed by atoms with Gasteiger partial charge in [-0.1, -0.05) is 62.8 Å². The normalized spacial score (nSPS) is 19.1. The van der Waals surface area contributed by atoms with Gasteiger partial charge in [-0.2, -0.15) is 0 Å². The lowest BCUT2D eigenvalue weighted by Gasteiger charge is -2.25. The highest BCUT2D eigenvalue weighted by atomic mass is 14.2. The number of benzene rings is 1. The molecule has 0 radical (unpaired) electrons. The topological polar surface area (TPSA) is 0 Å². The molecule has 0 saturated carbocycles. The van der Waals surface area contributed by atoms with E-state index in [0.29, 0.717) is 0 Å². The van der Waals surface area contributed by atoms with E-state index in [9.17, 15) is 0 Å². The van der Waals surface area contributed by atoms with Crippen molar-refractivity contribution >= 4 is 0 Å². The molecular weight excluding hydrogens is 204 g/mol. The van der Waals surface area contributed by atoms with Crippen LogP contribution in [0.15, 0.2) is 18.2 Å². The van der Waals surface area contributed by atoms with Crippen LogP contribution in [0.1, 0.15) is 62.1 Å². The van der Waals surface area contributed by atoms with Crippen molar-refractivity contribution < 1.29 is 0 Å². The van der Waals surface area contributed by atoms with E-state index in [1.54, 1.807) is 11.1 Å². The first kappa shape index (κ1) is 12.7. The summed E-state index contributed by atoms with van der Waals surface area (Å²) in [7, 11) is 0. The number of hydrogen-bond donors (Lipinski definition) is 0. The predicted octanol–water partition coefficient (Wildman–Crippen LogP) is 5.07. The standard InChI is InChI=1S/C17H26/c1-3-4-5-6-7-15-9-11-16-12-14(2)8-10-17(16)13-15/h8,10,12,15H,3-7,9,11,13H2,1-2H3/t15-/m1/s1. The Bertz CT molecular complexity index is 351. The van der Waals surface area contributed by atoms with Crippen molar-refractivity contribution in [2.75, 3.05) is 0 Å². The van der Waals surface area contributed by atoms with Gasteiger partial charge in [0.2, 0.25) is 0 Å². The third-order valence-corrected chi connectivity index (χ3v) is 4.16. The molecule has 0 heterocycles. The molecule has 0 amide bonds. The molecule has 0 saturated heterocycles. The number of unbranched alkanes of at least 4 members (excludes halogenated alkanes) is 3. The van der Waals surface area contributed by atoms with Crippen molar-refractivity contribution in [3.8, 4) is 0 Å². The summed E-state index contributed by atoms with van der Waals surface area (Å²) in [4.78, 5) is 0. The molecule has 1 atom stereocenters. The van der Waals surface area contributed by atoms with Gasteiger partial charge >= 0.3 is 0 Å². The van der Waals surface area contributed by atoms with Gasteiger partial charge in [-0.15, -0.1) is 0 Å². The molecule has 0 nitrogen and oxygen atoms in total. The maximum absolute atomic E-state index is 2.39. The Balaban J connectivity index is 1.84. The average Bonchev–Trinajstić information content (AvgIpc) is 2.35. The van der Waals surface area contributed by atoms with Gasteiger partial charge in [-0.3, -0.25) is 0 Å². The Morgan fingerprint density at radius 1 is 1.12 bits per heavy atom. The van der Waals surface area contributed by atoms with Crippen molar-refractivity contribution in [2.45, 2.75) is 65.2 Å².